The van der Waals surface area contributed by atoms with Gasteiger partial charge in [-0.15, -0.1) is 0 Å². The number of nitrogens with zero attached hydrogens (tertiary/aromatic N) is 1. The Hall–Kier alpha value is -2.64. The highest BCUT2D eigenvalue weighted by Gasteiger charge is 2.12. The number of hydrogen-bond donors (Lipinski definition) is 2. The van der Waals surface area contributed by atoms with Gasteiger partial charge in [-0.2, -0.15) is 0 Å². The summed E-state index contributed by atoms with van der Waals surface area (Å²) in [6.45, 7) is -0.0674. The maximum atomic E-state index is 10.7. The van der Waals surface area contributed by atoms with Crippen molar-refractivity contribution >= 4 is 11.4 Å². The smallest absolute Gasteiger partial charge is 0.291 e. The molecule has 7 heteroatoms. The second kappa shape index (κ2) is 6.00. The van der Waals surface area contributed by atoms with Gasteiger partial charge in [-0.3, -0.25) is 10.1 Å². The zero-order chi connectivity index (χ0) is 14.5. The summed E-state index contributed by atoms with van der Waals surface area (Å²) in [5.74, 6) is 0.790. The molecule has 0 radical (unpaired) electrons. The van der Waals surface area contributed by atoms with Crippen LogP contribution in [0.15, 0.2) is 42.5 Å². The average molecular weight is 275 g/mol. The monoisotopic (exact) mass is 275 g/mol. The molecule has 0 saturated carbocycles. The summed E-state index contributed by atoms with van der Waals surface area (Å²) < 4.78 is 5.47. The lowest BCUT2D eigenvalue weighted by atomic mass is 10.2. The predicted molar refractivity (Wildman–Crippen MR) is 72.5 cm³/mol. The lowest BCUT2D eigenvalue weighted by Crippen LogP contribution is -1.96. The molecular formula is C13H11N2O5-. The number of nitro benzene ring substituents is 1. The van der Waals surface area contributed by atoms with E-state index in [1.807, 2.05) is 0 Å². The van der Waals surface area contributed by atoms with Crippen molar-refractivity contribution in [2.45, 2.75) is 6.61 Å². The van der Waals surface area contributed by atoms with Gasteiger partial charge in [0.2, 0.25) is 0 Å². The Morgan fingerprint density at radius 3 is 2.35 bits per heavy atom. The van der Waals surface area contributed by atoms with Crippen LogP contribution >= 0.6 is 0 Å². The van der Waals surface area contributed by atoms with E-state index in [2.05, 4.69) is 0 Å². The van der Waals surface area contributed by atoms with Crippen LogP contribution in [0, 0.1) is 15.3 Å². The van der Waals surface area contributed by atoms with E-state index < -0.39 is 4.92 Å². The number of nitrogens with one attached hydrogen (secondary N) is 1. The topological polar surface area (TPSA) is 108 Å². The van der Waals surface area contributed by atoms with E-state index in [-0.39, 0.29) is 18.0 Å². The first kappa shape index (κ1) is 13.8. The molecule has 0 atom stereocenters. The lowest BCUT2D eigenvalue weighted by molar-refractivity contribution is -0.383. The Kier molecular flexibility index (Phi) is 4.14. The second-order valence-corrected chi connectivity index (χ2v) is 3.94. The molecule has 0 saturated heterocycles. The molecule has 104 valence electrons. The van der Waals surface area contributed by atoms with Crippen LogP contribution < -0.4 is 10.2 Å². The van der Waals surface area contributed by atoms with Crippen molar-refractivity contribution in [2.75, 3.05) is 5.48 Å². The molecule has 2 rings (SSSR count). The van der Waals surface area contributed by atoms with Gasteiger partial charge in [0.15, 0.2) is 0 Å². The van der Waals surface area contributed by atoms with E-state index in [1.165, 1.54) is 23.7 Å². The van der Waals surface area contributed by atoms with Crippen molar-refractivity contribution in [3.05, 3.63) is 63.3 Å². The molecule has 0 spiro atoms. The number of ether oxygens (including phenoxy) is 1. The van der Waals surface area contributed by atoms with Crippen LogP contribution in [-0.2, 0) is 6.61 Å². The van der Waals surface area contributed by atoms with Crippen molar-refractivity contribution in [1.82, 2.24) is 0 Å². The molecule has 0 aromatic heterocycles. The van der Waals surface area contributed by atoms with Crippen LogP contribution in [0.1, 0.15) is 5.56 Å². The summed E-state index contributed by atoms with van der Waals surface area (Å²) >= 11 is 0. The Morgan fingerprint density at radius 2 is 1.80 bits per heavy atom. The first-order valence-electron chi connectivity index (χ1n) is 5.68. The first-order chi connectivity index (χ1) is 9.63. The van der Waals surface area contributed by atoms with Crippen molar-refractivity contribution in [3.8, 4) is 11.5 Å². The van der Waals surface area contributed by atoms with Gasteiger partial charge < -0.3 is 20.5 Å². The minimum absolute atomic E-state index is 0.0674. The highest BCUT2D eigenvalue weighted by Crippen LogP contribution is 2.31. The fourth-order valence-electron chi connectivity index (χ4n) is 1.62. The fourth-order valence-corrected chi connectivity index (χ4v) is 1.62. The minimum Gasteiger partial charge on any atom is -0.761 e. The van der Waals surface area contributed by atoms with Crippen LogP contribution in [0.5, 0.6) is 11.5 Å². The number of rotatable bonds is 5. The van der Waals surface area contributed by atoms with Gasteiger partial charge in [-0.25, -0.2) is 0 Å². The third-order valence-electron chi connectivity index (χ3n) is 2.62. The van der Waals surface area contributed by atoms with Gasteiger partial charge >= 0.3 is 0 Å². The third kappa shape index (κ3) is 3.02. The second-order valence-electron chi connectivity index (χ2n) is 3.94. The Morgan fingerprint density at radius 1 is 1.15 bits per heavy atom. The largest absolute Gasteiger partial charge is 0.761 e. The summed E-state index contributed by atoms with van der Waals surface area (Å²) in [6, 6.07) is 10.5. The van der Waals surface area contributed by atoms with E-state index in [9.17, 15) is 15.3 Å². The molecule has 2 aromatic carbocycles. The van der Waals surface area contributed by atoms with Crippen molar-refractivity contribution in [3.63, 3.8) is 0 Å². The Bertz CT molecular complexity index is 613. The molecule has 2 N–H and O–H groups in total. The normalized spacial score (nSPS) is 10.1. The number of benzene rings is 2. The van der Waals surface area contributed by atoms with Crippen molar-refractivity contribution < 1.29 is 14.8 Å². The first-order valence-corrected chi connectivity index (χ1v) is 5.68. The van der Waals surface area contributed by atoms with E-state index in [0.29, 0.717) is 11.5 Å². The summed E-state index contributed by atoms with van der Waals surface area (Å²) in [7, 11) is 0. The highest BCUT2D eigenvalue weighted by atomic mass is 16.6. The lowest BCUT2D eigenvalue weighted by Gasteiger charge is -2.12. The molecule has 7 nitrogen and oxygen atoms in total. The van der Waals surface area contributed by atoms with Crippen LogP contribution in [0.2, 0.25) is 0 Å². The van der Waals surface area contributed by atoms with Gasteiger partial charge in [0, 0.05) is 12.1 Å². The van der Waals surface area contributed by atoms with Crippen molar-refractivity contribution in [2.24, 2.45) is 0 Å². The minimum atomic E-state index is -0.653. The van der Waals surface area contributed by atoms with Crippen molar-refractivity contribution in [1.29, 1.82) is 0 Å². The SMILES string of the molecule is O=[N+]([O-])c1ccc(Oc2ccc(CO)cc2)cc1N[O-]. The maximum absolute atomic E-state index is 10.7. The fraction of sp³-hybridized carbons (Fsp3) is 0.0769. The summed E-state index contributed by atoms with van der Waals surface area (Å²) in [5.41, 5.74) is 1.77. The zero-order valence-corrected chi connectivity index (χ0v) is 10.3. The standard InChI is InChI=1S/C13H11N2O5/c16-8-9-1-3-10(4-2-9)20-11-5-6-13(15(18)19)12(7-11)14-17/h1-7,14,16H,8H2/q-1. The number of aliphatic hydroxyl groups excluding tert-OH is 1. The zero-order valence-electron chi connectivity index (χ0n) is 10.3. The van der Waals surface area contributed by atoms with Gasteiger partial charge in [-0.05, 0) is 23.8 Å². The van der Waals surface area contributed by atoms with Gasteiger partial charge in [0.1, 0.15) is 17.2 Å². The van der Waals surface area contributed by atoms with Crippen LogP contribution in [0.25, 0.3) is 0 Å². The molecular weight excluding hydrogens is 264 g/mol. The van der Waals surface area contributed by atoms with Crippen LogP contribution in [-0.4, -0.2) is 10.0 Å². The molecule has 2 aromatic rings. The van der Waals surface area contributed by atoms with Gasteiger partial charge in [-0.1, -0.05) is 12.1 Å². The summed E-state index contributed by atoms with van der Waals surface area (Å²) in [6.07, 6.45) is 0. The Balaban J connectivity index is 2.22. The number of anilines is 1. The van der Waals surface area contributed by atoms with Gasteiger partial charge in [0.25, 0.3) is 5.69 Å². The molecule has 0 aliphatic carbocycles. The summed E-state index contributed by atoms with van der Waals surface area (Å²) in [5, 5.41) is 30.3. The van der Waals surface area contributed by atoms with E-state index >= 15 is 0 Å². The quantitative estimate of drug-likeness (QED) is 0.641. The van der Waals surface area contributed by atoms with Crippen LogP contribution in [0.4, 0.5) is 11.4 Å². The molecule has 0 fully saturated rings. The molecule has 0 aliphatic heterocycles. The molecule has 0 amide bonds. The molecule has 20 heavy (non-hydrogen) atoms. The number of nitro groups is 1. The summed E-state index contributed by atoms with van der Waals surface area (Å²) in [4.78, 5) is 10.0. The van der Waals surface area contributed by atoms with E-state index in [4.69, 9.17) is 9.84 Å². The Labute approximate surface area is 114 Å². The maximum Gasteiger partial charge on any atom is 0.291 e. The third-order valence-corrected chi connectivity index (χ3v) is 2.62. The number of aliphatic hydroxyl groups is 1. The highest BCUT2D eigenvalue weighted by molar-refractivity contribution is 5.64. The van der Waals surface area contributed by atoms with E-state index in [1.54, 1.807) is 24.3 Å². The average Bonchev–Trinajstić information content (AvgIpc) is 2.47. The number of hydrogen-bond acceptors (Lipinski definition) is 6. The molecule has 0 heterocycles. The van der Waals surface area contributed by atoms with Gasteiger partial charge in [0.05, 0.1) is 11.5 Å². The molecule has 0 unspecified atom stereocenters. The molecule has 0 bridgehead atoms. The molecule has 0 aliphatic rings. The van der Waals surface area contributed by atoms with E-state index in [0.717, 1.165) is 5.56 Å². The predicted octanol–water partition coefficient (Wildman–Crippen LogP) is 2.79. The van der Waals surface area contributed by atoms with Crippen LogP contribution in [0.3, 0.4) is 0 Å².